The first-order valence-electron chi connectivity index (χ1n) is 8.40. The first kappa shape index (κ1) is 15.1. The molecule has 0 saturated carbocycles. The van der Waals surface area contributed by atoms with Crippen LogP contribution in [0.25, 0.3) is 10.6 Å². The molecule has 26 heavy (non-hydrogen) atoms. The summed E-state index contributed by atoms with van der Waals surface area (Å²) in [6.07, 6.45) is 0. The van der Waals surface area contributed by atoms with E-state index in [1.807, 2.05) is 64.9 Å². The quantitative estimate of drug-likeness (QED) is 0.568. The lowest BCUT2D eigenvalue weighted by molar-refractivity contribution is 0.0989. The molecule has 5 heteroatoms. The molecule has 1 unspecified atom stereocenters. The van der Waals surface area contributed by atoms with Crippen LogP contribution in [0.5, 0.6) is 0 Å². The average Bonchev–Trinajstić information content (AvgIpc) is 3.40. The third kappa shape index (κ3) is 2.21. The third-order valence-electron chi connectivity index (χ3n) is 4.67. The highest BCUT2D eigenvalue weighted by Gasteiger charge is 2.43. The molecule has 0 spiro atoms. The molecule has 2 aromatic carbocycles. The normalized spacial score (nSPS) is 16.1. The number of aromatic nitrogens is 2. The minimum atomic E-state index is -0.197. The van der Waals surface area contributed by atoms with E-state index in [4.69, 9.17) is 0 Å². The van der Waals surface area contributed by atoms with Gasteiger partial charge in [0.05, 0.1) is 16.6 Å². The number of aromatic amines is 1. The van der Waals surface area contributed by atoms with Crippen molar-refractivity contribution in [1.82, 2.24) is 10.2 Å². The van der Waals surface area contributed by atoms with Gasteiger partial charge in [-0.25, -0.2) is 0 Å². The second kappa shape index (κ2) is 5.97. The van der Waals surface area contributed by atoms with Gasteiger partial charge in [0.1, 0.15) is 0 Å². The smallest absolute Gasteiger partial charge is 0.280 e. The number of amides is 1. The van der Waals surface area contributed by atoms with Crippen molar-refractivity contribution in [3.05, 3.63) is 95.0 Å². The summed E-state index contributed by atoms with van der Waals surface area (Å²) in [7, 11) is 0. The zero-order chi connectivity index (χ0) is 17.5. The molecule has 1 aliphatic rings. The number of nitrogens with one attached hydrogen (secondary N) is 1. The van der Waals surface area contributed by atoms with Crippen LogP contribution in [0, 0.1) is 0 Å². The average molecular weight is 357 g/mol. The molecule has 0 radical (unpaired) electrons. The number of H-pyrrole nitrogens is 1. The number of thiophene rings is 1. The van der Waals surface area contributed by atoms with Crippen molar-refractivity contribution < 1.29 is 4.79 Å². The van der Waals surface area contributed by atoms with Gasteiger partial charge in [0, 0.05) is 11.3 Å². The van der Waals surface area contributed by atoms with Crippen LogP contribution in [0.1, 0.15) is 27.7 Å². The predicted molar refractivity (Wildman–Crippen MR) is 103 cm³/mol. The standard InChI is InChI=1S/C21H15N3OS/c25-21-19-17(18(22-23-19)16-12-7-13-26-16)20(14-8-3-1-4-9-14)24(21)15-10-5-2-6-11-15/h1-13,20H,(H,22,23). The zero-order valence-electron chi connectivity index (χ0n) is 13.8. The molecule has 0 saturated heterocycles. The molecule has 1 atom stereocenters. The lowest BCUT2D eigenvalue weighted by Crippen LogP contribution is -2.29. The number of carbonyl (C=O) groups excluding carboxylic acids is 1. The fourth-order valence-electron chi connectivity index (χ4n) is 3.55. The van der Waals surface area contributed by atoms with Crippen LogP contribution < -0.4 is 4.90 Å². The maximum Gasteiger partial charge on any atom is 0.280 e. The van der Waals surface area contributed by atoms with Crippen molar-refractivity contribution in [1.29, 1.82) is 0 Å². The summed E-state index contributed by atoms with van der Waals surface area (Å²) < 4.78 is 0. The fourth-order valence-corrected chi connectivity index (χ4v) is 4.29. The van der Waals surface area contributed by atoms with Gasteiger partial charge in [0.2, 0.25) is 0 Å². The lowest BCUT2D eigenvalue weighted by Gasteiger charge is -2.26. The first-order valence-corrected chi connectivity index (χ1v) is 9.28. The van der Waals surface area contributed by atoms with E-state index in [1.54, 1.807) is 11.3 Å². The Morgan fingerprint density at radius 3 is 2.35 bits per heavy atom. The predicted octanol–water partition coefficient (Wildman–Crippen LogP) is 4.89. The Bertz CT molecular complexity index is 1060. The highest BCUT2D eigenvalue weighted by Crippen LogP contribution is 2.45. The molecule has 1 amide bonds. The number of para-hydroxylation sites is 1. The molecule has 4 nitrogen and oxygen atoms in total. The van der Waals surface area contributed by atoms with Crippen molar-refractivity contribution >= 4 is 22.9 Å². The second-order valence-corrected chi connectivity index (χ2v) is 7.11. The van der Waals surface area contributed by atoms with E-state index in [1.165, 1.54) is 0 Å². The SMILES string of the molecule is O=C1c2n[nH]c(-c3cccs3)c2C(c2ccccc2)N1c1ccccc1. The van der Waals surface area contributed by atoms with Gasteiger partial charge in [0.15, 0.2) is 5.69 Å². The van der Waals surface area contributed by atoms with Crippen molar-refractivity contribution in [3.63, 3.8) is 0 Å². The molecule has 1 N–H and O–H groups in total. The Hall–Kier alpha value is -3.18. The number of benzene rings is 2. The van der Waals surface area contributed by atoms with Gasteiger partial charge >= 0.3 is 0 Å². The summed E-state index contributed by atoms with van der Waals surface area (Å²) in [5.41, 5.74) is 4.33. The molecule has 126 valence electrons. The van der Waals surface area contributed by atoms with Gasteiger partial charge in [0.25, 0.3) is 5.91 Å². The number of fused-ring (bicyclic) bond motifs is 1. The van der Waals surface area contributed by atoms with Crippen LogP contribution >= 0.6 is 11.3 Å². The fraction of sp³-hybridized carbons (Fsp3) is 0.0476. The van der Waals surface area contributed by atoms with Gasteiger partial charge < -0.3 is 0 Å². The van der Waals surface area contributed by atoms with Crippen LogP contribution in [0.15, 0.2) is 78.2 Å². The molecular formula is C21H15N3OS. The first-order chi connectivity index (χ1) is 12.8. The van der Waals surface area contributed by atoms with Crippen molar-refractivity contribution in [3.8, 4) is 10.6 Å². The number of carbonyl (C=O) groups is 1. The zero-order valence-corrected chi connectivity index (χ0v) is 14.6. The van der Waals surface area contributed by atoms with Gasteiger partial charge in [-0.3, -0.25) is 14.8 Å². The van der Waals surface area contributed by atoms with Crippen molar-refractivity contribution in [2.75, 3.05) is 4.90 Å². The van der Waals surface area contributed by atoms with Crippen LogP contribution in [0.2, 0.25) is 0 Å². The summed E-state index contributed by atoms with van der Waals surface area (Å²) in [5, 5.41) is 9.50. The number of hydrogen-bond donors (Lipinski definition) is 1. The minimum Gasteiger partial charge on any atom is -0.295 e. The molecule has 3 heterocycles. The van der Waals surface area contributed by atoms with Gasteiger partial charge in [-0.1, -0.05) is 54.6 Å². The van der Waals surface area contributed by atoms with Gasteiger partial charge in [-0.2, -0.15) is 5.10 Å². The molecule has 5 rings (SSSR count). The summed E-state index contributed by atoms with van der Waals surface area (Å²) in [4.78, 5) is 16.1. The Kier molecular flexibility index (Phi) is 3.47. The molecule has 0 fully saturated rings. The van der Waals surface area contributed by atoms with Crippen LogP contribution in [-0.2, 0) is 0 Å². The van der Waals surface area contributed by atoms with E-state index >= 15 is 0 Å². The Morgan fingerprint density at radius 2 is 1.65 bits per heavy atom. The molecule has 2 aromatic heterocycles. The number of nitrogens with zero attached hydrogens (tertiary/aromatic N) is 2. The molecule has 4 aromatic rings. The van der Waals surface area contributed by atoms with Gasteiger partial charge in [-0.15, -0.1) is 11.3 Å². The third-order valence-corrected chi connectivity index (χ3v) is 5.56. The summed E-state index contributed by atoms with van der Waals surface area (Å²) >= 11 is 1.64. The maximum absolute atomic E-state index is 13.2. The highest BCUT2D eigenvalue weighted by atomic mass is 32.1. The van der Waals surface area contributed by atoms with E-state index < -0.39 is 0 Å². The topological polar surface area (TPSA) is 49.0 Å². The van der Waals surface area contributed by atoms with E-state index in [0.29, 0.717) is 5.69 Å². The largest absolute Gasteiger partial charge is 0.295 e. The number of anilines is 1. The Morgan fingerprint density at radius 1 is 0.923 bits per heavy atom. The van der Waals surface area contributed by atoms with E-state index in [2.05, 4.69) is 28.4 Å². The second-order valence-electron chi connectivity index (χ2n) is 6.16. The molecule has 0 aliphatic carbocycles. The van der Waals surface area contributed by atoms with Crippen LogP contribution in [0.4, 0.5) is 5.69 Å². The Balaban J connectivity index is 1.75. The van der Waals surface area contributed by atoms with Crippen molar-refractivity contribution in [2.24, 2.45) is 0 Å². The summed E-state index contributed by atoms with van der Waals surface area (Å²) in [6.45, 7) is 0. The lowest BCUT2D eigenvalue weighted by atomic mass is 9.98. The summed E-state index contributed by atoms with van der Waals surface area (Å²) in [6, 6.07) is 23.8. The highest BCUT2D eigenvalue weighted by molar-refractivity contribution is 7.13. The molecule has 0 bridgehead atoms. The summed E-state index contributed by atoms with van der Waals surface area (Å²) in [5.74, 6) is -0.0703. The molecule has 1 aliphatic heterocycles. The van der Waals surface area contributed by atoms with Crippen LogP contribution in [0.3, 0.4) is 0 Å². The van der Waals surface area contributed by atoms with E-state index in [-0.39, 0.29) is 11.9 Å². The van der Waals surface area contributed by atoms with E-state index in [0.717, 1.165) is 27.4 Å². The van der Waals surface area contributed by atoms with E-state index in [9.17, 15) is 4.79 Å². The van der Waals surface area contributed by atoms with Crippen LogP contribution in [-0.4, -0.2) is 16.1 Å². The van der Waals surface area contributed by atoms with Gasteiger partial charge in [-0.05, 0) is 29.1 Å². The minimum absolute atomic E-state index is 0.0703. The van der Waals surface area contributed by atoms with Crippen molar-refractivity contribution in [2.45, 2.75) is 6.04 Å². The maximum atomic E-state index is 13.2. The monoisotopic (exact) mass is 357 g/mol. The number of hydrogen-bond acceptors (Lipinski definition) is 3. The number of rotatable bonds is 3. The Labute approximate surface area is 154 Å². The molecular weight excluding hydrogens is 342 g/mol.